The number of nitrogens with one attached hydrogen (secondary N) is 3. The van der Waals surface area contributed by atoms with E-state index in [0.29, 0.717) is 0 Å². The minimum absolute atomic E-state index is 0.00713. The van der Waals surface area contributed by atoms with Crippen molar-refractivity contribution in [3.05, 3.63) is 34.2 Å². The van der Waals surface area contributed by atoms with E-state index >= 15 is 28.8 Å². The second-order valence-corrected chi connectivity index (χ2v) is 48.9. The van der Waals surface area contributed by atoms with Crippen LogP contribution in [-0.2, 0) is 86.2 Å². The van der Waals surface area contributed by atoms with Gasteiger partial charge in [0, 0.05) is 144 Å². The predicted molar refractivity (Wildman–Crippen MR) is 493 cm³/mol. The molecular weight excluding hydrogens is 1640 g/mol. The summed E-state index contributed by atoms with van der Waals surface area (Å²) in [5, 5.41) is 22.2. The highest BCUT2D eigenvalue weighted by molar-refractivity contribution is 6.17. The van der Waals surface area contributed by atoms with Crippen molar-refractivity contribution in [2.45, 2.75) is 576 Å². The third kappa shape index (κ3) is 24.5. The molecule has 732 valence electrons. The number of carbonyl (C=O) groups is 6. The topological polar surface area (TPSA) is 269 Å². The molecule has 7 saturated heterocycles. The summed E-state index contributed by atoms with van der Waals surface area (Å²) < 4.78 is 41.5. The number of carbonyl (C=O) groups excluding carboxylic acids is 6. The zero-order chi connectivity index (χ0) is 93.6. The molecule has 0 bridgehead atoms. The Balaban J connectivity index is 0.986. The largest absolute Gasteiger partial charge is 0.458 e. The zero-order valence-corrected chi connectivity index (χ0v) is 84.2. The highest BCUT2D eigenvalue weighted by atomic mass is 16.7. The second-order valence-electron chi connectivity index (χ2n) is 48.9. The zero-order valence-electron chi connectivity index (χ0n) is 84.2. The molecule has 6 aliphatic carbocycles. The summed E-state index contributed by atoms with van der Waals surface area (Å²) in [6, 6.07) is 0. The van der Waals surface area contributed by atoms with Gasteiger partial charge in [-0.25, -0.2) is 28.8 Å². The van der Waals surface area contributed by atoms with Crippen molar-refractivity contribution < 1.29 is 86.2 Å². The molecule has 27 heteroatoms. The molecule has 0 amide bonds. The Hall–Kier alpha value is -5.04. The number of rotatable bonds is 24. The summed E-state index contributed by atoms with van der Waals surface area (Å²) in [7, 11) is 0. The van der Waals surface area contributed by atoms with Crippen LogP contribution in [0.5, 0.6) is 0 Å². The van der Waals surface area contributed by atoms with Crippen LogP contribution in [0.3, 0.4) is 0 Å². The van der Waals surface area contributed by atoms with Crippen LogP contribution < -0.4 is 16.0 Å². The van der Waals surface area contributed by atoms with E-state index in [1.54, 1.807) is 0 Å². The van der Waals surface area contributed by atoms with Gasteiger partial charge in [-0.1, -0.05) is 116 Å². The maximum absolute atomic E-state index is 16.8. The number of hydrogen-bond donors (Lipinski definition) is 3. The van der Waals surface area contributed by atoms with Crippen molar-refractivity contribution >= 4 is 35.8 Å². The maximum atomic E-state index is 16.8. The lowest BCUT2D eigenvalue weighted by Crippen LogP contribution is -2.63. The number of nitrogens with zero attached hydrogens (tertiary/aromatic N) is 6. The fraction of sp³-hybridized carbons (Fsp3) is 0.882. The van der Waals surface area contributed by atoms with Crippen LogP contribution in [-0.4, -0.2) is 206 Å². The molecule has 0 aromatic rings. The molecule has 129 heavy (non-hydrogen) atoms. The molecule has 0 spiro atoms. The highest BCUT2D eigenvalue weighted by Gasteiger charge is 2.58. The van der Waals surface area contributed by atoms with Crippen LogP contribution >= 0.6 is 0 Å². The van der Waals surface area contributed by atoms with Crippen molar-refractivity contribution in [3.8, 4) is 0 Å². The third-order valence-electron chi connectivity index (χ3n) is 30.5. The van der Waals surface area contributed by atoms with E-state index in [1.807, 2.05) is 0 Å². The highest BCUT2D eigenvalue weighted by Crippen LogP contribution is 2.50. The van der Waals surface area contributed by atoms with Gasteiger partial charge >= 0.3 is 35.8 Å². The average molecular weight is 1810 g/mol. The molecule has 13 fully saturated rings. The van der Waals surface area contributed by atoms with Crippen molar-refractivity contribution in [3.63, 3.8) is 0 Å². The second kappa shape index (κ2) is 40.0. The Morgan fingerprint density at radius 3 is 0.403 bits per heavy atom. The van der Waals surface area contributed by atoms with Gasteiger partial charge in [0.2, 0.25) is 0 Å². The van der Waals surface area contributed by atoms with Gasteiger partial charge < -0.3 is 44.4 Å². The van der Waals surface area contributed by atoms with E-state index in [1.165, 1.54) is 0 Å². The average Bonchev–Trinajstić information content (AvgIpc) is 0.770. The van der Waals surface area contributed by atoms with E-state index in [2.05, 4.69) is 212 Å². The number of hydrogen-bond acceptors (Lipinski definition) is 27. The van der Waals surface area contributed by atoms with Crippen LogP contribution in [0.4, 0.5) is 0 Å². The summed E-state index contributed by atoms with van der Waals surface area (Å²) in [6.45, 7) is 49.7. The lowest BCUT2D eigenvalue weighted by Gasteiger charge is -2.54. The van der Waals surface area contributed by atoms with E-state index in [0.717, 1.165) is 193 Å². The molecule has 0 aromatic heterocycles. The van der Waals surface area contributed by atoms with E-state index in [9.17, 15) is 0 Å². The first-order chi connectivity index (χ1) is 60.2. The Morgan fingerprint density at radius 1 is 0.186 bits per heavy atom. The first kappa shape index (κ1) is 101. The number of ether oxygens (including phenoxy) is 6. The minimum Gasteiger partial charge on any atom is -0.458 e. The van der Waals surface area contributed by atoms with Gasteiger partial charge in [0.05, 0.1) is 36.6 Å². The summed E-state index contributed by atoms with van der Waals surface area (Å²) in [5.74, 6) is -8.34. The first-order valence-electron chi connectivity index (χ1n) is 50.8. The molecular formula is C102H171N9O18. The standard InChI is InChI=1S/C102H171N9O18/c1-91(2)55-73(56-92(3,4)106(91)124-67-43-31-25-32-44-67)118-85(112)79(86(113)119-74-57-93(5,6)107(94(7,8)58-74)125-68-45-33-26-34-46-68)82-103-83(80(87(114)120-75-59-95(9,10)108(96(11,12)60-75)126-69-47-35-27-36-48-69)88(115)121-76-61-97(13,14)109(98(15,16)62-76)127-70-49-37-28-38-50-70)105-84(104-82)81(89(116)122-77-63-99(17,18)110(100(19,20)64-77)128-71-51-39-29-40-52-71)90(117)123-78-65-101(21,22)111(102(23,24)66-78)129-72-53-41-30-42-54-72/h67-78,103-105H,25-66H2,1-24H3. The fourth-order valence-electron chi connectivity index (χ4n) is 26.1. The maximum Gasteiger partial charge on any atom is 0.349 e. The Morgan fingerprint density at radius 2 is 0.295 bits per heavy atom. The SMILES string of the molecule is CC1(C)CC(OC(=O)C(C(=O)OC2CC(C)(C)N(OC3CCCCC3)C(C)(C)C2)=C2NC(=C(C(=O)OC3CC(C)(C)N(OC4CCCCC4)C(C)(C)C3)C(=O)OC3CC(C)(C)N(OC4CCCCC4)C(C)(C)C3)NC(=C(C(=O)OC3CC(C)(C)N(OC4CCCCC4)C(C)(C)C3)C(=O)OC3CC(C)(C)N(OC4CCCCC4)C(C)(C)C3)N2)CC(C)(C)N1OC1CCCCC1. The molecule has 6 saturated carbocycles. The van der Waals surface area contributed by atoms with Crippen molar-refractivity contribution in [1.82, 2.24) is 46.3 Å². The van der Waals surface area contributed by atoms with Gasteiger partial charge in [0.1, 0.15) is 54.1 Å². The van der Waals surface area contributed by atoms with Crippen LogP contribution in [0, 0.1) is 0 Å². The van der Waals surface area contributed by atoms with Gasteiger partial charge in [-0.05, 0) is 243 Å². The molecule has 7 heterocycles. The van der Waals surface area contributed by atoms with Gasteiger partial charge in [-0.15, -0.1) is 0 Å². The van der Waals surface area contributed by atoms with Gasteiger partial charge in [0.25, 0.3) is 0 Å². The van der Waals surface area contributed by atoms with Crippen molar-refractivity contribution in [2.75, 3.05) is 0 Å². The minimum atomic E-state index is -1.14. The Labute approximate surface area is 774 Å². The molecule has 0 radical (unpaired) electrons. The van der Waals surface area contributed by atoms with Crippen LogP contribution in [0.1, 0.15) is 436 Å². The Bertz CT molecular complexity index is 3260. The van der Waals surface area contributed by atoms with Gasteiger partial charge in [-0.3, -0.25) is 29.0 Å². The first-order valence-corrected chi connectivity index (χ1v) is 50.8. The van der Waals surface area contributed by atoms with E-state index in [-0.39, 0.29) is 114 Å². The van der Waals surface area contributed by atoms with E-state index < -0.39 is 173 Å². The summed E-state index contributed by atoms with van der Waals surface area (Å²) in [6.07, 6.45) is 28.8. The van der Waals surface area contributed by atoms with Crippen LogP contribution in [0.15, 0.2) is 34.2 Å². The lowest BCUT2D eigenvalue weighted by molar-refractivity contribution is -0.318. The van der Waals surface area contributed by atoms with Crippen molar-refractivity contribution in [2.24, 2.45) is 0 Å². The number of hydroxylamine groups is 12. The van der Waals surface area contributed by atoms with Crippen molar-refractivity contribution in [1.29, 1.82) is 0 Å². The normalized spacial score (nSPS) is 28.3. The lowest BCUT2D eigenvalue weighted by atomic mass is 9.80. The quantitative estimate of drug-likeness (QED) is 0.0266. The third-order valence-corrected chi connectivity index (χ3v) is 30.5. The van der Waals surface area contributed by atoms with Gasteiger partial charge in [-0.2, -0.15) is 30.4 Å². The summed E-state index contributed by atoms with van der Waals surface area (Å²) in [4.78, 5) is 143. The molecule has 7 aliphatic heterocycles. The van der Waals surface area contributed by atoms with E-state index in [4.69, 9.17) is 57.4 Å². The molecule has 3 N–H and O–H groups in total. The van der Waals surface area contributed by atoms with Crippen LogP contribution in [0.2, 0.25) is 0 Å². The molecule has 0 unspecified atom stereocenters. The molecule has 13 rings (SSSR count). The molecule has 27 nitrogen and oxygen atoms in total. The molecule has 0 atom stereocenters. The predicted octanol–water partition coefficient (Wildman–Crippen LogP) is 19.4. The fourth-order valence-corrected chi connectivity index (χ4v) is 26.1. The monoisotopic (exact) mass is 1810 g/mol. The molecule has 0 aromatic carbocycles. The molecule has 13 aliphatic rings. The summed E-state index contributed by atoms with van der Waals surface area (Å²) in [5.41, 5.74) is -11.0. The van der Waals surface area contributed by atoms with Gasteiger partial charge in [0.15, 0.2) is 16.7 Å². The number of piperidine rings is 6. The summed E-state index contributed by atoms with van der Waals surface area (Å²) >= 11 is 0. The smallest absolute Gasteiger partial charge is 0.349 e. The van der Waals surface area contributed by atoms with Crippen LogP contribution in [0.25, 0.3) is 0 Å². The number of esters is 6. The Kier molecular flexibility index (Phi) is 31.4.